The van der Waals surface area contributed by atoms with E-state index in [-0.39, 0.29) is 12.6 Å². The summed E-state index contributed by atoms with van der Waals surface area (Å²) in [5.74, 6) is -0.913. The number of piperidine rings is 1. The van der Waals surface area contributed by atoms with Gasteiger partial charge in [-0.15, -0.1) is 0 Å². The molecule has 3 N–H and O–H groups in total. The first-order valence-electron chi connectivity index (χ1n) is 8.88. The fraction of sp³-hybridized carbons (Fsp3) is 0.500. The molecule has 1 atom stereocenters. The lowest BCUT2D eigenvalue weighted by Gasteiger charge is -2.29. The molecule has 26 heavy (non-hydrogen) atoms. The number of imide groups is 1. The van der Waals surface area contributed by atoms with E-state index in [2.05, 4.69) is 10.7 Å². The van der Waals surface area contributed by atoms with E-state index in [1.54, 1.807) is 24.3 Å². The van der Waals surface area contributed by atoms with E-state index in [0.717, 1.165) is 5.01 Å². The predicted octanol–water partition coefficient (Wildman–Crippen LogP) is 0.332. The quantitative estimate of drug-likeness (QED) is 0.657. The maximum Gasteiger partial charge on any atom is 0.344 e. The van der Waals surface area contributed by atoms with Gasteiger partial charge in [-0.3, -0.25) is 19.9 Å². The van der Waals surface area contributed by atoms with Gasteiger partial charge >= 0.3 is 6.03 Å². The second kappa shape index (κ2) is 7.43. The third-order valence-electron chi connectivity index (χ3n) is 5.05. The van der Waals surface area contributed by atoms with Gasteiger partial charge in [-0.05, 0) is 24.8 Å². The van der Waals surface area contributed by atoms with Crippen molar-refractivity contribution in [3.05, 3.63) is 35.9 Å². The molecule has 2 saturated heterocycles. The molecule has 2 fully saturated rings. The van der Waals surface area contributed by atoms with Crippen molar-refractivity contribution in [2.75, 3.05) is 19.6 Å². The van der Waals surface area contributed by atoms with Crippen LogP contribution in [0.3, 0.4) is 0 Å². The largest absolute Gasteiger partial charge is 0.393 e. The van der Waals surface area contributed by atoms with E-state index in [0.29, 0.717) is 37.9 Å². The zero-order valence-corrected chi connectivity index (χ0v) is 14.8. The molecule has 2 aliphatic heterocycles. The molecule has 1 unspecified atom stereocenters. The number of nitrogens with one attached hydrogen (secondary N) is 2. The molecule has 1 aromatic rings. The topological polar surface area (TPSA) is 102 Å². The van der Waals surface area contributed by atoms with Gasteiger partial charge in [0.05, 0.1) is 12.6 Å². The summed E-state index contributed by atoms with van der Waals surface area (Å²) < 4.78 is 0. The minimum Gasteiger partial charge on any atom is -0.393 e. The Morgan fingerprint density at radius 2 is 1.92 bits per heavy atom. The van der Waals surface area contributed by atoms with E-state index >= 15 is 0 Å². The van der Waals surface area contributed by atoms with Crippen molar-refractivity contribution in [2.45, 2.75) is 37.8 Å². The monoisotopic (exact) mass is 360 g/mol. The van der Waals surface area contributed by atoms with Gasteiger partial charge in [0.1, 0.15) is 5.54 Å². The Morgan fingerprint density at radius 1 is 1.27 bits per heavy atom. The van der Waals surface area contributed by atoms with E-state index in [1.807, 2.05) is 17.9 Å². The number of aliphatic hydroxyl groups excluding tert-OH is 1. The summed E-state index contributed by atoms with van der Waals surface area (Å²) in [6.45, 7) is 3.11. The summed E-state index contributed by atoms with van der Waals surface area (Å²) in [4.78, 5) is 39.4. The van der Waals surface area contributed by atoms with Crippen LogP contribution in [0.5, 0.6) is 0 Å². The number of nitrogens with zero attached hydrogens (tertiary/aromatic N) is 2. The summed E-state index contributed by atoms with van der Waals surface area (Å²) >= 11 is 0. The van der Waals surface area contributed by atoms with Gasteiger partial charge in [0.2, 0.25) is 0 Å². The van der Waals surface area contributed by atoms with E-state index < -0.39 is 23.4 Å². The Kier molecular flexibility index (Phi) is 5.24. The lowest BCUT2D eigenvalue weighted by Crippen LogP contribution is -2.52. The first kappa shape index (κ1) is 18.3. The summed E-state index contributed by atoms with van der Waals surface area (Å²) in [7, 11) is 0. The average Bonchev–Trinajstić information content (AvgIpc) is 2.89. The highest BCUT2D eigenvalue weighted by Crippen LogP contribution is 2.31. The smallest absolute Gasteiger partial charge is 0.344 e. The molecular weight excluding hydrogens is 336 g/mol. The number of carbonyl (C=O) groups is 3. The van der Waals surface area contributed by atoms with Crippen molar-refractivity contribution < 1.29 is 19.5 Å². The molecule has 8 heteroatoms. The lowest BCUT2D eigenvalue weighted by molar-refractivity contribution is -0.140. The molecule has 3 rings (SSSR count). The molecule has 0 bridgehead atoms. The normalized spacial score (nSPS) is 24.6. The Hall–Kier alpha value is -2.45. The number of hydrogen-bond acceptors (Lipinski definition) is 5. The van der Waals surface area contributed by atoms with Crippen molar-refractivity contribution in [2.24, 2.45) is 0 Å². The summed E-state index contributed by atoms with van der Waals surface area (Å²) in [6, 6.07) is 8.38. The van der Waals surface area contributed by atoms with Crippen LogP contribution < -0.4 is 10.7 Å². The van der Waals surface area contributed by atoms with Crippen molar-refractivity contribution >= 4 is 17.8 Å². The molecule has 0 aromatic heterocycles. The Morgan fingerprint density at radius 3 is 2.54 bits per heavy atom. The van der Waals surface area contributed by atoms with Crippen LogP contribution in [0.25, 0.3) is 0 Å². The van der Waals surface area contributed by atoms with Gasteiger partial charge in [0, 0.05) is 13.1 Å². The van der Waals surface area contributed by atoms with Crippen LogP contribution in [0.2, 0.25) is 0 Å². The maximum atomic E-state index is 12.9. The van der Waals surface area contributed by atoms with E-state index in [9.17, 15) is 19.5 Å². The summed E-state index contributed by atoms with van der Waals surface area (Å²) in [5.41, 5.74) is 1.94. The fourth-order valence-corrected chi connectivity index (χ4v) is 3.48. The number of benzene rings is 1. The molecule has 0 spiro atoms. The number of amides is 4. The molecule has 4 amide bonds. The third kappa shape index (κ3) is 3.42. The van der Waals surface area contributed by atoms with Crippen molar-refractivity contribution in [3.63, 3.8) is 0 Å². The van der Waals surface area contributed by atoms with Crippen molar-refractivity contribution in [3.8, 4) is 0 Å². The highest BCUT2D eigenvalue weighted by molar-refractivity contribution is 6.08. The van der Waals surface area contributed by atoms with Crippen LogP contribution in [-0.2, 0) is 15.1 Å². The second-order valence-electron chi connectivity index (χ2n) is 6.74. The van der Waals surface area contributed by atoms with Crippen LogP contribution >= 0.6 is 0 Å². The average molecular weight is 360 g/mol. The van der Waals surface area contributed by atoms with Crippen molar-refractivity contribution in [1.29, 1.82) is 0 Å². The van der Waals surface area contributed by atoms with Crippen LogP contribution in [-0.4, -0.2) is 58.6 Å². The highest BCUT2D eigenvalue weighted by Gasteiger charge is 2.52. The highest BCUT2D eigenvalue weighted by atomic mass is 16.3. The van der Waals surface area contributed by atoms with Crippen LogP contribution in [0, 0.1) is 0 Å². The SMILES string of the molecule is CCC1(c2ccccc2)NC(=O)N(NC(=O)CN2CCC(O)CC2)C1=O. The Labute approximate surface area is 152 Å². The number of urea groups is 1. The molecule has 2 heterocycles. The molecule has 8 nitrogen and oxygen atoms in total. The predicted molar refractivity (Wildman–Crippen MR) is 93.6 cm³/mol. The summed E-state index contributed by atoms with van der Waals surface area (Å²) in [5, 5.41) is 13.0. The first-order chi connectivity index (χ1) is 12.5. The van der Waals surface area contributed by atoms with Gasteiger partial charge in [0.25, 0.3) is 11.8 Å². The number of likely N-dealkylation sites (tertiary alicyclic amines) is 1. The number of carbonyl (C=O) groups excluding carboxylic acids is 3. The first-order valence-corrected chi connectivity index (χ1v) is 8.88. The van der Waals surface area contributed by atoms with Gasteiger partial charge in [0.15, 0.2) is 0 Å². The molecular formula is C18H24N4O4. The molecule has 1 aromatic carbocycles. The zero-order chi connectivity index (χ0) is 18.7. The fourth-order valence-electron chi connectivity index (χ4n) is 3.48. The number of hydrogen-bond donors (Lipinski definition) is 3. The molecule has 0 saturated carbocycles. The Bertz CT molecular complexity index is 688. The number of hydrazine groups is 1. The molecule has 2 aliphatic rings. The molecule has 0 aliphatic carbocycles. The van der Waals surface area contributed by atoms with E-state index in [1.165, 1.54) is 0 Å². The standard InChI is InChI=1S/C18H24N4O4/c1-2-18(13-6-4-3-5-7-13)16(25)22(17(26)19-18)20-15(24)12-21-10-8-14(23)9-11-21/h3-7,14,23H,2,8-12H2,1H3,(H,19,26)(H,20,24). The molecule has 140 valence electrons. The second-order valence-corrected chi connectivity index (χ2v) is 6.74. The van der Waals surface area contributed by atoms with Crippen LogP contribution in [0.15, 0.2) is 30.3 Å². The minimum atomic E-state index is -1.17. The minimum absolute atomic E-state index is 0.0776. The summed E-state index contributed by atoms with van der Waals surface area (Å²) in [6.07, 6.45) is 1.28. The van der Waals surface area contributed by atoms with Gasteiger partial charge < -0.3 is 10.4 Å². The Balaban J connectivity index is 1.68. The van der Waals surface area contributed by atoms with E-state index in [4.69, 9.17) is 0 Å². The number of aliphatic hydroxyl groups is 1. The van der Waals surface area contributed by atoms with Crippen LogP contribution in [0.1, 0.15) is 31.7 Å². The van der Waals surface area contributed by atoms with Gasteiger partial charge in [-0.25, -0.2) is 4.79 Å². The molecule has 0 radical (unpaired) electrons. The van der Waals surface area contributed by atoms with Gasteiger partial charge in [-0.2, -0.15) is 5.01 Å². The van der Waals surface area contributed by atoms with Crippen molar-refractivity contribution in [1.82, 2.24) is 20.7 Å². The van der Waals surface area contributed by atoms with Gasteiger partial charge in [-0.1, -0.05) is 37.3 Å². The number of rotatable bonds is 5. The maximum absolute atomic E-state index is 12.9. The van der Waals surface area contributed by atoms with Crippen LogP contribution in [0.4, 0.5) is 4.79 Å². The zero-order valence-electron chi connectivity index (χ0n) is 14.8. The third-order valence-corrected chi connectivity index (χ3v) is 5.05. The lowest BCUT2D eigenvalue weighted by atomic mass is 9.87.